The number of amides is 1. The number of nitriles is 1. The second kappa shape index (κ2) is 10.1. The summed E-state index contributed by atoms with van der Waals surface area (Å²) in [5.41, 5.74) is 0.532. The van der Waals surface area contributed by atoms with Gasteiger partial charge in [0.15, 0.2) is 0 Å². The highest BCUT2D eigenvalue weighted by molar-refractivity contribution is 5.88. The molecule has 1 aromatic carbocycles. The molecular weight excluding hydrogens is 552 g/mol. The van der Waals surface area contributed by atoms with Gasteiger partial charge in [-0.2, -0.15) is 42.2 Å². The van der Waals surface area contributed by atoms with E-state index in [-0.39, 0.29) is 22.8 Å². The van der Waals surface area contributed by atoms with Crippen LogP contribution in [0.2, 0.25) is 0 Å². The first kappa shape index (κ1) is 29.8. The molecule has 0 radical (unpaired) electrons. The van der Waals surface area contributed by atoms with Crippen LogP contribution in [0.1, 0.15) is 25.0 Å². The van der Waals surface area contributed by atoms with Gasteiger partial charge in [0.25, 0.3) is 11.5 Å². The molecule has 2 aromatic heterocycles. The molecule has 0 aliphatic heterocycles. The van der Waals surface area contributed by atoms with E-state index in [4.69, 9.17) is 5.73 Å². The lowest BCUT2D eigenvalue weighted by Crippen LogP contribution is -2.55. The number of nitrogens with two attached hydrogens (primary N) is 1. The van der Waals surface area contributed by atoms with Gasteiger partial charge in [0, 0.05) is 22.9 Å². The van der Waals surface area contributed by atoms with Crippen LogP contribution in [0.3, 0.4) is 0 Å². The highest BCUT2D eigenvalue weighted by atomic mass is 19.4. The first-order valence-corrected chi connectivity index (χ1v) is 10.9. The van der Waals surface area contributed by atoms with Gasteiger partial charge in [0.05, 0.1) is 24.2 Å². The van der Waals surface area contributed by atoms with E-state index >= 15 is 0 Å². The number of carbonyl (C=O) groups is 2. The molecule has 0 aliphatic carbocycles. The van der Waals surface area contributed by atoms with E-state index in [0.717, 1.165) is 18.3 Å². The first-order valence-electron chi connectivity index (χ1n) is 10.9. The van der Waals surface area contributed by atoms with Crippen molar-refractivity contribution in [2.75, 3.05) is 5.73 Å². The number of benzene rings is 1. The summed E-state index contributed by atoms with van der Waals surface area (Å²) in [5, 5.41) is 23.9. The summed E-state index contributed by atoms with van der Waals surface area (Å²) in [6.07, 6.45) is -7.53. The predicted molar refractivity (Wildman–Crippen MR) is 123 cm³/mol. The lowest BCUT2D eigenvalue weighted by Gasteiger charge is -2.29. The Labute approximate surface area is 221 Å². The number of rotatable bonds is 5. The SMILES string of the molecule is Cc1ccc(C(O)(C(=O)NOC(=O)C(F)(F)F)C(F)(F)F)cc1-c1cnc(N)c(-c2cnn(C(C)(C)C#N)c2)n1. The number of alkyl halides is 6. The summed E-state index contributed by atoms with van der Waals surface area (Å²) in [6, 6.07) is 4.56. The third-order valence-electron chi connectivity index (χ3n) is 5.64. The summed E-state index contributed by atoms with van der Waals surface area (Å²) >= 11 is 0. The Morgan fingerprint density at radius 1 is 1.15 bits per heavy atom. The molecule has 3 aromatic rings. The van der Waals surface area contributed by atoms with Gasteiger partial charge in [-0.3, -0.25) is 9.48 Å². The van der Waals surface area contributed by atoms with Crippen LogP contribution < -0.4 is 11.2 Å². The average molecular weight is 571 g/mol. The Bertz CT molecular complexity index is 1510. The number of hydrogen-bond acceptors (Lipinski definition) is 9. The summed E-state index contributed by atoms with van der Waals surface area (Å²) in [4.78, 5) is 34.8. The molecule has 17 heteroatoms. The van der Waals surface area contributed by atoms with Crippen molar-refractivity contribution >= 4 is 17.7 Å². The monoisotopic (exact) mass is 571 g/mol. The van der Waals surface area contributed by atoms with Crippen molar-refractivity contribution in [3.05, 3.63) is 47.9 Å². The van der Waals surface area contributed by atoms with Crippen LogP contribution in [0.25, 0.3) is 22.5 Å². The second-order valence-corrected chi connectivity index (χ2v) is 8.89. The minimum atomic E-state index is -5.78. The van der Waals surface area contributed by atoms with Gasteiger partial charge in [0.1, 0.15) is 17.1 Å². The van der Waals surface area contributed by atoms with E-state index in [0.29, 0.717) is 22.7 Å². The second-order valence-electron chi connectivity index (χ2n) is 8.89. The number of hydroxylamine groups is 1. The number of carbonyl (C=O) groups excluding carboxylic acids is 2. The van der Waals surface area contributed by atoms with Crippen LogP contribution in [-0.2, 0) is 25.6 Å². The van der Waals surface area contributed by atoms with Gasteiger partial charge in [0.2, 0.25) is 0 Å². The maximum absolute atomic E-state index is 13.9. The zero-order valence-corrected chi connectivity index (χ0v) is 20.7. The maximum Gasteiger partial charge on any atom is 0.493 e. The number of hydrogen-bond donors (Lipinski definition) is 3. The van der Waals surface area contributed by atoms with Gasteiger partial charge < -0.3 is 15.7 Å². The predicted octanol–water partition coefficient (Wildman–Crippen LogP) is 3.04. The van der Waals surface area contributed by atoms with Gasteiger partial charge in [-0.05, 0) is 32.4 Å². The maximum atomic E-state index is 13.9. The lowest BCUT2D eigenvalue weighted by molar-refractivity contribution is -0.262. The Morgan fingerprint density at radius 2 is 1.80 bits per heavy atom. The molecule has 0 aliphatic rings. The van der Waals surface area contributed by atoms with Crippen molar-refractivity contribution in [1.82, 2.24) is 25.2 Å². The number of nitrogen functional groups attached to an aromatic ring is 1. The summed E-state index contributed by atoms with van der Waals surface area (Å²) in [6.45, 7) is 4.64. The molecule has 212 valence electrons. The van der Waals surface area contributed by atoms with E-state index in [1.54, 1.807) is 13.8 Å². The summed E-state index contributed by atoms with van der Waals surface area (Å²) in [5.74, 6) is -5.62. The lowest BCUT2D eigenvalue weighted by atomic mass is 9.89. The third kappa shape index (κ3) is 5.52. The number of anilines is 1. The van der Waals surface area contributed by atoms with Crippen molar-refractivity contribution < 1.29 is 45.9 Å². The summed E-state index contributed by atoms with van der Waals surface area (Å²) in [7, 11) is 0. The molecule has 2 heterocycles. The van der Waals surface area contributed by atoms with Crippen LogP contribution in [0.5, 0.6) is 0 Å². The Kier molecular flexibility index (Phi) is 7.54. The number of nitrogens with one attached hydrogen (secondary N) is 1. The Hall–Kier alpha value is -4.72. The topological polar surface area (TPSA) is 169 Å². The fourth-order valence-electron chi connectivity index (χ4n) is 3.31. The molecule has 4 N–H and O–H groups in total. The molecule has 0 bridgehead atoms. The van der Waals surface area contributed by atoms with E-state index in [1.807, 2.05) is 6.07 Å². The van der Waals surface area contributed by atoms with Crippen LogP contribution in [-0.4, -0.2) is 49.1 Å². The number of halogens is 6. The van der Waals surface area contributed by atoms with Crippen molar-refractivity contribution in [2.24, 2.45) is 0 Å². The van der Waals surface area contributed by atoms with Gasteiger partial charge in [-0.25, -0.2) is 14.8 Å². The van der Waals surface area contributed by atoms with Crippen molar-refractivity contribution in [2.45, 2.75) is 44.3 Å². The normalized spacial score (nSPS) is 13.7. The number of nitrogens with zero attached hydrogens (tertiary/aromatic N) is 5. The van der Waals surface area contributed by atoms with E-state index in [2.05, 4.69) is 19.9 Å². The quantitative estimate of drug-likeness (QED) is 0.308. The molecule has 1 unspecified atom stereocenters. The van der Waals surface area contributed by atoms with Gasteiger partial charge in [-0.15, -0.1) is 0 Å². The molecule has 40 heavy (non-hydrogen) atoms. The smallest absolute Gasteiger partial charge is 0.382 e. The molecule has 1 atom stereocenters. The molecule has 3 rings (SSSR count). The zero-order chi connectivity index (χ0) is 30.3. The Morgan fingerprint density at radius 3 is 2.38 bits per heavy atom. The zero-order valence-electron chi connectivity index (χ0n) is 20.7. The highest BCUT2D eigenvalue weighted by Gasteiger charge is 2.61. The minimum Gasteiger partial charge on any atom is -0.382 e. The number of aliphatic hydroxyl groups is 1. The van der Waals surface area contributed by atoms with Crippen LogP contribution in [0.4, 0.5) is 32.2 Å². The molecule has 1 amide bonds. The standard InChI is InChI=1S/C23H19F6N7O4/c1-11-4-5-13(21(39,23(27,28)29)18(37)35-40-19(38)22(24,25)26)6-14(11)15-8-32-17(31)16(34-15)12-7-33-36(9-12)20(2,3)10-30/h4-9,39H,1-3H3,(H2,31,32)(H,35,37). The molecule has 0 saturated heterocycles. The highest BCUT2D eigenvalue weighted by Crippen LogP contribution is 2.41. The molecule has 0 saturated carbocycles. The van der Waals surface area contributed by atoms with Crippen molar-refractivity contribution in [3.8, 4) is 28.6 Å². The molecule has 0 fully saturated rings. The first-order chi connectivity index (χ1) is 18.3. The van der Waals surface area contributed by atoms with Crippen molar-refractivity contribution in [1.29, 1.82) is 5.26 Å². The van der Waals surface area contributed by atoms with Crippen LogP contribution in [0, 0.1) is 18.3 Å². The Balaban J connectivity index is 2.08. The fourth-order valence-corrected chi connectivity index (χ4v) is 3.31. The number of aryl methyl sites for hydroxylation is 1. The average Bonchev–Trinajstić information content (AvgIpc) is 3.37. The largest absolute Gasteiger partial charge is 0.493 e. The molecular formula is C23H19F6N7O4. The number of aromatic nitrogens is 4. The van der Waals surface area contributed by atoms with Crippen LogP contribution >= 0.6 is 0 Å². The third-order valence-corrected chi connectivity index (χ3v) is 5.64. The van der Waals surface area contributed by atoms with Gasteiger partial charge in [-0.1, -0.05) is 12.1 Å². The molecule has 0 spiro atoms. The minimum absolute atomic E-state index is 0.0465. The van der Waals surface area contributed by atoms with Gasteiger partial charge >= 0.3 is 18.3 Å². The van der Waals surface area contributed by atoms with Crippen LogP contribution in [0.15, 0.2) is 36.8 Å². The fraction of sp³-hybridized carbons (Fsp3) is 0.304. The van der Waals surface area contributed by atoms with Crippen molar-refractivity contribution in [3.63, 3.8) is 0 Å². The van der Waals surface area contributed by atoms with E-state index in [1.165, 1.54) is 24.0 Å². The van der Waals surface area contributed by atoms with E-state index in [9.17, 15) is 46.3 Å². The van der Waals surface area contributed by atoms with E-state index < -0.39 is 40.9 Å². The molecule has 11 nitrogen and oxygen atoms in total. The summed E-state index contributed by atoms with van der Waals surface area (Å²) < 4.78 is 80.2.